The Bertz CT molecular complexity index is 596. The number of carbonyl (C=O) groups excluding carboxylic acids is 1. The van der Waals surface area contributed by atoms with E-state index in [1.807, 2.05) is 24.3 Å². The Morgan fingerprint density at radius 3 is 2.47 bits per heavy atom. The van der Waals surface area contributed by atoms with Gasteiger partial charge in [0.1, 0.15) is 5.82 Å². The SMILES string of the molecule is O=C(CCc1ccc(Br)cc1)c1ccc(Cl)c(F)c1. The monoisotopic (exact) mass is 340 g/mol. The van der Waals surface area contributed by atoms with Gasteiger partial charge in [0.2, 0.25) is 0 Å². The van der Waals surface area contributed by atoms with Crippen molar-refractivity contribution in [1.82, 2.24) is 0 Å². The maximum absolute atomic E-state index is 13.3. The van der Waals surface area contributed by atoms with Gasteiger partial charge in [-0.25, -0.2) is 4.39 Å². The van der Waals surface area contributed by atoms with Crippen molar-refractivity contribution in [1.29, 1.82) is 0 Å². The highest BCUT2D eigenvalue weighted by molar-refractivity contribution is 9.10. The van der Waals surface area contributed by atoms with Crippen LogP contribution in [0.2, 0.25) is 5.02 Å². The fraction of sp³-hybridized carbons (Fsp3) is 0.133. The molecule has 0 aliphatic heterocycles. The number of rotatable bonds is 4. The maximum Gasteiger partial charge on any atom is 0.163 e. The minimum absolute atomic E-state index is 0.0319. The average Bonchev–Trinajstić information content (AvgIpc) is 2.41. The van der Waals surface area contributed by atoms with Crippen molar-refractivity contribution in [3.63, 3.8) is 0 Å². The highest BCUT2D eigenvalue weighted by atomic mass is 79.9. The third-order valence-corrected chi connectivity index (χ3v) is 3.63. The van der Waals surface area contributed by atoms with Gasteiger partial charge in [-0.2, -0.15) is 0 Å². The van der Waals surface area contributed by atoms with Crippen LogP contribution in [0, 0.1) is 5.82 Å². The van der Waals surface area contributed by atoms with Gasteiger partial charge < -0.3 is 0 Å². The van der Waals surface area contributed by atoms with Gasteiger partial charge in [-0.05, 0) is 42.3 Å². The van der Waals surface area contributed by atoms with Crippen LogP contribution in [-0.4, -0.2) is 5.78 Å². The number of halogens is 3. The second kappa shape index (κ2) is 6.31. The Hall–Kier alpha value is -1.19. The molecular weight excluding hydrogens is 331 g/mol. The number of aryl methyl sites for hydroxylation is 1. The molecule has 0 aromatic heterocycles. The largest absolute Gasteiger partial charge is 0.294 e. The van der Waals surface area contributed by atoms with E-state index in [0.29, 0.717) is 18.4 Å². The molecule has 0 bridgehead atoms. The summed E-state index contributed by atoms with van der Waals surface area (Å²) in [5.74, 6) is -0.644. The number of benzene rings is 2. The quantitative estimate of drug-likeness (QED) is 0.711. The van der Waals surface area contributed by atoms with Crippen molar-refractivity contribution in [2.24, 2.45) is 0 Å². The molecule has 1 nitrogen and oxygen atoms in total. The van der Waals surface area contributed by atoms with E-state index >= 15 is 0 Å². The number of carbonyl (C=O) groups is 1. The van der Waals surface area contributed by atoms with Crippen LogP contribution in [0.1, 0.15) is 22.3 Å². The number of hydrogen-bond acceptors (Lipinski definition) is 1. The van der Waals surface area contributed by atoms with Crippen molar-refractivity contribution >= 4 is 33.3 Å². The third kappa shape index (κ3) is 3.88. The summed E-state index contributed by atoms with van der Waals surface area (Å²) in [4.78, 5) is 11.9. The van der Waals surface area contributed by atoms with Crippen molar-refractivity contribution in [3.05, 3.63) is 68.9 Å². The van der Waals surface area contributed by atoms with Gasteiger partial charge in [0.05, 0.1) is 5.02 Å². The zero-order valence-corrected chi connectivity index (χ0v) is 12.3. The lowest BCUT2D eigenvalue weighted by Gasteiger charge is -2.03. The first-order valence-corrected chi connectivity index (χ1v) is 6.96. The van der Waals surface area contributed by atoms with Crippen LogP contribution in [0.5, 0.6) is 0 Å². The summed E-state index contributed by atoms with van der Waals surface area (Å²) >= 11 is 8.94. The van der Waals surface area contributed by atoms with Crippen LogP contribution in [0.4, 0.5) is 4.39 Å². The second-order valence-electron chi connectivity index (χ2n) is 4.18. The zero-order chi connectivity index (χ0) is 13.8. The normalized spacial score (nSPS) is 10.5. The van der Waals surface area contributed by atoms with Gasteiger partial charge in [-0.3, -0.25) is 4.79 Å². The number of Topliss-reactive ketones (excluding diaryl/α,β-unsaturated/α-hetero) is 1. The summed E-state index contributed by atoms with van der Waals surface area (Å²) in [5.41, 5.74) is 1.44. The third-order valence-electron chi connectivity index (χ3n) is 2.80. The molecule has 2 aromatic carbocycles. The molecule has 0 atom stereocenters. The van der Waals surface area contributed by atoms with Crippen LogP contribution in [-0.2, 0) is 6.42 Å². The summed E-state index contributed by atoms with van der Waals surface area (Å²) in [6.07, 6.45) is 0.985. The van der Waals surface area contributed by atoms with Gasteiger partial charge in [0.15, 0.2) is 5.78 Å². The van der Waals surface area contributed by atoms with Gasteiger partial charge >= 0.3 is 0 Å². The standard InChI is InChI=1S/C15H11BrClFO/c16-12-5-1-10(2-6-12)3-8-15(19)11-4-7-13(17)14(18)9-11/h1-2,4-7,9H,3,8H2. The van der Waals surface area contributed by atoms with Crippen molar-refractivity contribution in [2.75, 3.05) is 0 Å². The molecule has 0 radical (unpaired) electrons. The molecule has 0 aliphatic carbocycles. The van der Waals surface area contributed by atoms with Crippen molar-refractivity contribution in [2.45, 2.75) is 12.8 Å². The second-order valence-corrected chi connectivity index (χ2v) is 5.50. The first kappa shape index (κ1) is 14.2. The van der Waals surface area contributed by atoms with Crippen molar-refractivity contribution in [3.8, 4) is 0 Å². The summed E-state index contributed by atoms with van der Waals surface area (Å²) in [7, 11) is 0. The molecule has 2 rings (SSSR count). The van der Waals surface area contributed by atoms with Gasteiger partial charge in [0.25, 0.3) is 0 Å². The molecule has 0 aliphatic rings. The lowest BCUT2D eigenvalue weighted by atomic mass is 10.0. The molecule has 0 unspecified atom stereocenters. The van der Waals surface area contributed by atoms with Crippen LogP contribution in [0.3, 0.4) is 0 Å². The topological polar surface area (TPSA) is 17.1 Å². The highest BCUT2D eigenvalue weighted by Gasteiger charge is 2.09. The fourth-order valence-corrected chi connectivity index (χ4v) is 2.10. The zero-order valence-electron chi connectivity index (χ0n) is 10.00. The molecule has 2 aromatic rings. The molecule has 0 amide bonds. The van der Waals surface area contributed by atoms with E-state index in [0.717, 1.165) is 10.0 Å². The summed E-state index contributed by atoms with van der Waals surface area (Å²) in [6, 6.07) is 11.9. The van der Waals surface area contributed by atoms with Gasteiger partial charge in [-0.1, -0.05) is 39.7 Å². The molecule has 4 heteroatoms. The van der Waals surface area contributed by atoms with E-state index in [4.69, 9.17) is 11.6 Å². The molecule has 0 N–H and O–H groups in total. The average molecular weight is 342 g/mol. The summed E-state index contributed by atoms with van der Waals surface area (Å²) < 4.78 is 14.3. The Balaban J connectivity index is 2.01. The first-order chi connectivity index (χ1) is 9.06. The Kier molecular flexibility index (Phi) is 4.72. The first-order valence-electron chi connectivity index (χ1n) is 5.79. The number of ketones is 1. The highest BCUT2D eigenvalue weighted by Crippen LogP contribution is 2.18. The number of hydrogen-bond donors (Lipinski definition) is 0. The molecule has 0 fully saturated rings. The smallest absolute Gasteiger partial charge is 0.163 e. The van der Waals surface area contributed by atoms with Crippen LogP contribution in [0.15, 0.2) is 46.9 Å². The molecule has 98 valence electrons. The molecule has 19 heavy (non-hydrogen) atoms. The lowest BCUT2D eigenvalue weighted by Crippen LogP contribution is -2.01. The van der Waals surface area contributed by atoms with E-state index in [2.05, 4.69) is 15.9 Å². The van der Waals surface area contributed by atoms with E-state index in [9.17, 15) is 9.18 Å². The predicted octanol–water partition coefficient (Wildman–Crippen LogP) is 5.06. The summed E-state index contributed by atoms with van der Waals surface area (Å²) in [5, 5.41) is 0.0319. The predicted molar refractivity (Wildman–Crippen MR) is 78.2 cm³/mol. The molecular formula is C15H11BrClFO. The fourth-order valence-electron chi connectivity index (χ4n) is 1.72. The van der Waals surface area contributed by atoms with Crippen LogP contribution < -0.4 is 0 Å². The molecule has 0 saturated carbocycles. The van der Waals surface area contributed by atoms with E-state index in [1.165, 1.54) is 12.1 Å². The van der Waals surface area contributed by atoms with Gasteiger partial charge in [-0.15, -0.1) is 0 Å². The summed E-state index contributed by atoms with van der Waals surface area (Å²) in [6.45, 7) is 0. The molecule has 0 heterocycles. The van der Waals surface area contributed by atoms with Crippen molar-refractivity contribution < 1.29 is 9.18 Å². The minimum atomic E-state index is -0.559. The Morgan fingerprint density at radius 1 is 1.16 bits per heavy atom. The molecule has 0 spiro atoms. The Morgan fingerprint density at radius 2 is 1.84 bits per heavy atom. The molecule has 0 saturated heterocycles. The van der Waals surface area contributed by atoms with E-state index in [-0.39, 0.29) is 10.8 Å². The van der Waals surface area contributed by atoms with E-state index in [1.54, 1.807) is 6.07 Å². The minimum Gasteiger partial charge on any atom is -0.294 e. The lowest BCUT2D eigenvalue weighted by molar-refractivity contribution is 0.0982. The van der Waals surface area contributed by atoms with Crippen LogP contribution in [0.25, 0.3) is 0 Å². The van der Waals surface area contributed by atoms with Crippen LogP contribution >= 0.6 is 27.5 Å². The van der Waals surface area contributed by atoms with E-state index < -0.39 is 5.82 Å². The maximum atomic E-state index is 13.3. The Labute approximate surface area is 124 Å². The van der Waals surface area contributed by atoms with Gasteiger partial charge in [0, 0.05) is 16.5 Å².